The number of nitrogens with one attached hydrogen (secondary N) is 1. The maximum atomic E-state index is 12.3. The molecule has 1 amide bonds. The Kier molecular flexibility index (Phi) is 5.58. The molecule has 0 fully saturated rings. The lowest BCUT2D eigenvalue weighted by molar-refractivity contribution is -0.147. The Bertz CT molecular complexity index is 738. The molecule has 0 saturated heterocycles. The Morgan fingerprint density at radius 1 is 1.04 bits per heavy atom. The van der Waals surface area contributed by atoms with Crippen LogP contribution in [0.5, 0.6) is 5.75 Å². The minimum absolute atomic E-state index is 0.200. The number of aryl methyl sites for hydroxylation is 2. The number of hydrogen-bond donors (Lipinski definition) is 1. The zero-order valence-corrected chi connectivity index (χ0v) is 14.3. The number of methoxy groups -OCH3 is 1. The lowest BCUT2D eigenvalue weighted by Gasteiger charge is -2.13. The summed E-state index contributed by atoms with van der Waals surface area (Å²) >= 11 is 0. The maximum absolute atomic E-state index is 12.3. The van der Waals surface area contributed by atoms with Crippen LogP contribution in [0.25, 0.3) is 0 Å². The zero-order valence-electron chi connectivity index (χ0n) is 14.3. The third-order valence-corrected chi connectivity index (χ3v) is 3.59. The van der Waals surface area contributed by atoms with Crippen molar-refractivity contribution < 1.29 is 19.1 Å². The van der Waals surface area contributed by atoms with E-state index >= 15 is 0 Å². The second kappa shape index (κ2) is 7.64. The van der Waals surface area contributed by atoms with Gasteiger partial charge in [-0.2, -0.15) is 0 Å². The molecule has 24 heavy (non-hydrogen) atoms. The average Bonchev–Trinajstić information content (AvgIpc) is 2.57. The molecular formula is C19H21NO4. The molecule has 2 rings (SSSR count). The highest BCUT2D eigenvalue weighted by Crippen LogP contribution is 2.19. The van der Waals surface area contributed by atoms with E-state index in [0.29, 0.717) is 11.3 Å². The Morgan fingerprint density at radius 3 is 2.29 bits per heavy atom. The molecule has 1 N–H and O–H groups in total. The number of carbonyl (C=O) groups is 2. The summed E-state index contributed by atoms with van der Waals surface area (Å²) in [6.07, 6.45) is -0.704. The first-order chi connectivity index (χ1) is 11.4. The fourth-order valence-electron chi connectivity index (χ4n) is 2.25. The number of anilines is 1. The Labute approximate surface area is 141 Å². The molecule has 0 unspecified atom stereocenters. The SMILES string of the molecule is COC(=O)[C@@H](C)Oc1ccc(C(=O)Nc2ccc(C)cc2C)cc1. The first-order valence-corrected chi connectivity index (χ1v) is 7.64. The van der Waals surface area contributed by atoms with E-state index in [0.717, 1.165) is 16.8 Å². The van der Waals surface area contributed by atoms with Crippen molar-refractivity contribution in [2.24, 2.45) is 0 Å². The van der Waals surface area contributed by atoms with Crippen molar-refractivity contribution in [3.8, 4) is 5.75 Å². The van der Waals surface area contributed by atoms with E-state index in [2.05, 4.69) is 10.1 Å². The van der Waals surface area contributed by atoms with Crippen LogP contribution >= 0.6 is 0 Å². The first-order valence-electron chi connectivity index (χ1n) is 7.64. The van der Waals surface area contributed by atoms with Crippen LogP contribution in [-0.4, -0.2) is 25.1 Å². The second-order valence-electron chi connectivity index (χ2n) is 5.58. The summed E-state index contributed by atoms with van der Waals surface area (Å²) in [5.74, 6) is -0.155. The fraction of sp³-hybridized carbons (Fsp3) is 0.263. The molecule has 0 radical (unpaired) electrons. The third kappa shape index (κ3) is 4.35. The van der Waals surface area contributed by atoms with E-state index < -0.39 is 12.1 Å². The van der Waals surface area contributed by atoms with Crippen LogP contribution in [-0.2, 0) is 9.53 Å². The summed E-state index contributed by atoms with van der Waals surface area (Å²) in [5, 5.41) is 2.89. The van der Waals surface area contributed by atoms with Gasteiger partial charge in [0.05, 0.1) is 7.11 Å². The minimum Gasteiger partial charge on any atom is -0.479 e. The Hall–Kier alpha value is -2.82. The molecule has 0 heterocycles. The van der Waals surface area contributed by atoms with Gasteiger partial charge in [-0.25, -0.2) is 4.79 Å². The lowest BCUT2D eigenvalue weighted by Crippen LogP contribution is -2.24. The number of carbonyl (C=O) groups excluding carboxylic acids is 2. The third-order valence-electron chi connectivity index (χ3n) is 3.59. The summed E-state index contributed by atoms with van der Waals surface area (Å²) in [4.78, 5) is 23.7. The predicted octanol–water partition coefficient (Wildman–Crippen LogP) is 3.50. The normalized spacial score (nSPS) is 11.5. The molecule has 126 valence electrons. The molecule has 0 bridgehead atoms. The van der Waals surface area contributed by atoms with Crippen LogP contribution in [0.15, 0.2) is 42.5 Å². The topological polar surface area (TPSA) is 64.6 Å². The van der Waals surface area contributed by atoms with Crippen molar-refractivity contribution in [1.29, 1.82) is 0 Å². The van der Waals surface area contributed by atoms with Crippen molar-refractivity contribution in [1.82, 2.24) is 0 Å². The van der Waals surface area contributed by atoms with Gasteiger partial charge in [-0.3, -0.25) is 4.79 Å². The molecule has 2 aromatic rings. The number of ether oxygens (including phenoxy) is 2. The summed E-state index contributed by atoms with van der Waals surface area (Å²) in [6, 6.07) is 12.5. The van der Waals surface area contributed by atoms with Gasteiger partial charge in [-0.05, 0) is 56.7 Å². The highest BCUT2D eigenvalue weighted by molar-refractivity contribution is 6.04. The van der Waals surface area contributed by atoms with E-state index in [4.69, 9.17) is 4.74 Å². The molecule has 0 aromatic heterocycles. The maximum Gasteiger partial charge on any atom is 0.346 e. The van der Waals surface area contributed by atoms with Crippen molar-refractivity contribution >= 4 is 17.6 Å². The molecule has 0 saturated carbocycles. The smallest absolute Gasteiger partial charge is 0.346 e. The molecular weight excluding hydrogens is 306 g/mol. The van der Waals surface area contributed by atoms with Crippen molar-refractivity contribution in [2.45, 2.75) is 26.9 Å². The molecule has 5 heteroatoms. The van der Waals surface area contributed by atoms with Crippen molar-refractivity contribution in [3.63, 3.8) is 0 Å². The number of amides is 1. The highest BCUT2D eigenvalue weighted by atomic mass is 16.6. The molecule has 0 aliphatic rings. The van der Waals surface area contributed by atoms with Crippen LogP contribution in [0.3, 0.4) is 0 Å². The van der Waals surface area contributed by atoms with Gasteiger partial charge in [0.1, 0.15) is 5.75 Å². The van der Waals surface area contributed by atoms with Crippen molar-refractivity contribution in [3.05, 3.63) is 59.2 Å². The van der Waals surface area contributed by atoms with Gasteiger partial charge in [0.15, 0.2) is 6.10 Å². The predicted molar refractivity (Wildman–Crippen MR) is 92.4 cm³/mol. The van der Waals surface area contributed by atoms with Gasteiger partial charge in [0, 0.05) is 11.3 Å². The van der Waals surface area contributed by atoms with E-state index in [9.17, 15) is 9.59 Å². The number of rotatable bonds is 5. The molecule has 0 aliphatic heterocycles. The Balaban J connectivity index is 2.04. The number of esters is 1. The van der Waals surface area contributed by atoms with Gasteiger partial charge >= 0.3 is 5.97 Å². The average molecular weight is 327 g/mol. The molecule has 2 aromatic carbocycles. The number of benzene rings is 2. The molecule has 0 aliphatic carbocycles. The minimum atomic E-state index is -0.704. The van der Waals surface area contributed by atoms with Crippen LogP contribution < -0.4 is 10.1 Å². The fourth-order valence-corrected chi connectivity index (χ4v) is 2.25. The summed E-state index contributed by atoms with van der Waals surface area (Å²) in [5.41, 5.74) is 3.44. The zero-order chi connectivity index (χ0) is 17.7. The van der Waals surface area contributed by atoms with Crippen LogP contribution in [0, 0.1) is 13.8 Å². The van der Waals surface area contributed by atoms with Gasteiger partial charge < -0.3 is 14.8 Å². The molecule has 1 atom stereocenters. The molecule has 0 spiro atoms. The van der Waals surface area contributed by atoms with Crippen LogP contribution in [0.1, 0.15) is 28.4 Å². The largest absolute Gasteiger partial charge is 0.479 e. The summed E-state index contributed by atoms with van der Waals surface area (Å²) in [7, 11) is 1.31. The summed E-state index contributed by atoms with van der Waals surface area (Å²) in [6.45, 7) is 5.56. The summed E-state index contributed by atoms with van der Waals surface area (Å²) < 4.78 is 10.1. The Morgan fingerprint density at radius 2 is 1.71 bits per heavy atom. The van der Waals surface area contributed by atoms with E-state index in [-0.39, 0.29) is 5.91 Å². The van der Waals surface area contributed by atoms with Gasteiger partial charge in [0.25, 0.3) is 5.91 Å². The molecule has 5 nitrogen and oxygen atoms in total. The van der Waals surface area contributed by atoms with Crippen LogP contribution in [0.2, 0.25) is 0 Å². The first kappa shape index (κ1) is 17.5. The highest BCUT2D eigenvalue weighted by Gasteiger charge is 2.15. The van der Waals surface area contributed by atoms with E-state index in [1.165, 1.54) is 7.11 Å². The van der Waals surface area contributed by atoms with Gasteiger partial charge in [-0.1, -0.05) is 17.7 Å². The van der Waals surface area contributed by atoms with E-state index in [1.807, 2.05) is 32.0 Å². The number of hydrogen-bond acceptors (Lipinski definition) is 4. The van der Waals surface area contributed by atoms with Gasteiger partial charge in [0.2, 0.25) is 0 Å². The standard InChI is InChI=1S/C19H21NO4/c1-12-5-10-17(13(2)11-12)20-18(21)15-6-8-16(9-7-15)24-14(3)19(22)23-4/h5-11,14H,1-4H3,(H,20,21)/t14-/m1/s1. The van der Waals surface area contributed by atoms with Crippen LogP contribution in [0.4, 0.5) is 5.69 Å². The van der Waals surface area contributed by atoms with Crippen molar-refractivity contribution in [2.75, 3.05) is 12.4 Å². The second-order valence-corrected chi connectivity index (χ2v) is 5.58. The quantitative estimate of drug-likeness (QED) is 0.854. The lowest BCUT2D eigenvalue weighted by atomic mass is 10.1. The van der Waals surface area contributed by atoms with E-state index in [1.54, 1.807) is 31.2 Å². The van der Waals surface area contributed by atoms with Gasteiger partial charge in [-0.15, -0.1) is 0 Å². The monoisotopic (exact) mass is 327 g/mol.